The highest BCUT2D eigenvalue weighted by Gasteiger charge is 2.24. The molecule has 18 heavy (non-hydrogen) atoms. The summed E-state index contributed by atoms with van der Waals surface area (Å²) in [7, 11) is 0. The van der Waals surface area contributed by atoms with E-state index < -0.39 is 0 Å². The van der Waals surface area contributed by atoms with Crippen LogP contribution in [0.2, 0.25) is 0 Å². The average molecular weight is 242 g/mol. The minimum absolute atomic E-state index is 0.0327. The molecule has 2 aliphatic rings. The molecule has 1 atom stereocenters. The van der Waals surface area contributed by atoms with Gasteiger partial charge in [0, 0.05) is 17.2 Å². The van der Waals surface area contributed by atoms with E-state index in [2.05, 4.69) is 22.5 Å². The number of aliphatic hydroxyl groups excluding tert-OH is 1. The topological polar surface area (TPSA) is 61.4 Å². The van der Waals surface area contributed by atoms with E-state index in [1.807, 2.05) is 12.1 Å². The summed E-state index contributed by atoms with van der Waals surface area (Å²) < 4.78 is 0. The van der Waals surface area contributed by atoms with Crippen molar-refractivity contribution >= 4 is 11.7 Å². The van der Waals surface area contributed by atoms with Gasteiger partial charge in [0.05, 0.1) is 6.61 Å². The van der Waals surface area contributed by atoms with Crippen LogP contribution >= 0.6 is 0 Å². The van der Waals surface area contributed by atoms with Gasteiger partial charge in [-0.3, -0.25) is 0 Å². The van der Waals surface area contributed by atoms with E-state index in [-0.39, 0.29) is 18.7 Å². The summed E-state index contributed by atoms with van der Waals surface area (Å²) in [5.41, 5.74) is 2.48. The van der Waals surface area contributed by atoms with Crippen LogP contribution in [0.5, 0.6) is 0 Å². The number of nitrogens with one attached hydrogen (secondary N) is 2. The number of benzene rings is 1. The van der Waals surface area contributed by atoms with Gasteiger partial charge >= 0.3 is 6.03 Å². The van der Waals surface area contributed by atoms with Crippen molar-refractivity contribution in [1.29, 1.82) is 0 Å². The standard InChI is InChI=1S/C14H14N2O2/c17-8-10-3-5-11-12(6-4-9-1-2-9)15-14(18)16-13(11)7-10/h3,5,7,9,12,17H,1-2,8H2,(H2,15,16,18). The van der Waals surface area contributed by atoms with Gasteiger partial charge in [0.2, 0.25) is 0 Å². The smallest absolute Gasteiger partial charge is 0.320 e. The fourth-order valence-corrected chi connectivity index (χ4v) is 1.97. The van der Waals surface area contributed by atoms with E-state index in [1.54, 1.807) is 6.07 Å². The highest BCUT2D eigenvalue weighted by atomic mass is 16.3. The molecule has 4 nitrogen and oxygen atoms in total. The van der Waals surface area contributed by atoms with Crippen LogP contribution in [0.3, 0.4) is 0 Å². The molecule has 1 aromatic carbocycles. The van der Waals surface area contributed by atoms with Crippen LogP contribution in [0.25, 0.3) is 0 Å². The van der Waals surface area contributed by atoms with E-state index in [9.17, 15) is 4.79 Å². The Morgan fingerprint density at radius 1 is 1.33 bits per heavy atom. The summed E-state index contributed by atoms with van der Waals surface area (Å²) in [5, 5.41) is 14.6. The second-order valence-electron chi connectivity index (χ2n) is 4.67. The van der Waals surface area contributed by atoms with E-state index in [0.29, 0.717) is 5.92 Å². The Kier molecular flexibility index (Phi) is 2.69. The summed E-state index contributed by atoms with van der Waals surface area (Å²) in [4.78, 5) is 11.5. The molecule has 92 valence electrons. The summed E-state index contributed by atoms with van der Waals surface area (Å²) in [6.45, 7) is -0.0327. The molecule has 0 radical (unpaired) electrons. The SMILES string of the molecule is O=C1Nc2cc(CO)ccc2C(C#CC2CC2)N1. The lowest BCUT2D eigenvalue weighted by molar-refractivity contribution is 0.249. The molecule has 3 N–H and O–H groups in total. The Balaban J connectivity index is 1.94. The molecule has 1 unspecified atom stereocenters. The molecule has 4 heteroatoms. The van der Waals surface area contributed by atoms with Crippen LogP contribution in [0, 0.1) is 17.8 Å². The van der Waals surface area contributed by atoms with Crippen LogP contribution in [0.4, 0.5) is 10.5 Å². The number of carbonyl (C=O) groups excluding carboxylic acids is 1. The zero-order valence-electron chi connectivity index (χ0n) is 9.86. The predicted molar refractivity (Wildman–Crippen MR) is 67.8 cm³/mol. The number of hydrogen-bond acceptors (Lipinski definition) is 2. The van der Waals surface area contributed by atoms with Gasteiger partial charge in [0.25, 0.3) is 0 Å². The van der Waals surface area contributed by atoms with Crippen LogP contribution in [-0.4, -0.2) is 11.1 Å². The maximum absolute atomic E-state index is 11.5. The molecular formula is C14H14N2O2. The van der Waals surface area contributed by atoms with Crippen molar-refractivity contribution in [3.05, 3.63) is 29.3 Å². The number of carbonyl (C=O) groups is 1. The van der Waals surface area contributed by atoms with Gasteiger partial charge in [-0.05, 0) is 24.5 Å². The Morgan fingerprint density at radius 2 is 2.17 bits per heavy atom. The lowest BCUT2D eigenvalue weighted by Crippen LogP contribution is -2.37. The molecule has 1 aliphatic heterocycles. The number of aliphatic hydroxyl groups is 1. The molecule has 1 aliphatic carbocycles. The van der Waals surface area contributed by atoms with Gasteiger partial charge in [0.15, 0.2) is 0 Å². The maximum atomic E-state index is 11.5. The van der Waals surface area contributed by atoms with Gasteiger partial charge < -0.3 is 15.7 Å². The molecule has 1 aromatic rings. The minimum Gasteiger partial charge on any atom is -0.392 e. The number of rotatable bonds is 1. The molecule has 1 heterocycles. The average Bonchev–Trinajstić information content (AvgIpc) is 3.19. The van der Waals surface area contributed by atoms with E-state index in [1.165, 1.54) is 12.8 Å². The highest BCUT2D eigenvalue weighted by Crippen LogP contribution is 2.30. The fraction of sp³-hybridized carbons (Fsp3) is 0.357. The van der Waals surface area contributed by atoms with Gasteiger partial charge in [-0.25, -0.2) is 4.79 Å². The number of anilines is 1. The molecule has 3 rings (SSSR count). The van der Waals surface area contributed by atoms with Crippen LogP contribution < -0.4 is 10.6 Å². The van der Waals surface area contributed by atoms with Crippen molar-refractivity contribution in [3.63, 3.8) is 0 Å². The van der Waals surface area contributed by atoms with Crippen LogP contribution in [-0.2, 0) is 6.61 Å². The second kappa shape index (κ2) is 4.35. The third-order valence-electron chi connectivity index (χ3n) is 3.14. The Bertz CT molecular complexity index is 553. The summed E-state index contributed by atoms with van der Waals surface area (Å²) in [5.74, 6) is 6.81. The van der Waals surface area contributed by atoms with E-state index >= 15 is 0 Å². The molecule has 0 saturated heterocycles. The maximum Gasteiger partial charge on any atom is 0.320 e. The monoisotopic (exact) mass is 242 g/mol. The minimum atomic E-state index is -0.248. The Morgan fingerprint density at radius 3 is 2.89 bits per heavy atom. The first-order valence-electron chi connectivity index (χ1n) is 6.08. The molecule has 2 amide bonds. The van der Waals surface area contributed by atoms with Gasteiger partial charge in [-0.1, -0.05) is 24.0 Å². The molecule has 1 saturated carbocycles. The molecule has 0 aromatic heterocycles. The lowest BCUT2D eigenvalue weighted by atomic mass is 10.0. The highest BCUT2D eigenvalue weighted by molar-refractivity contribution is 5.93. The van der Waals surface area contributed by atoms with Crippen molar-refractivity contribution in [1.82, 2.24) is 5.32 Å². The third-order valence-corrected chi connectivity index (χ3v) is 3.14. The largest absolute Gasteiger partial charge is 0.392 e. The van der Waals surface area contributed by atoms with E-state index in [0.717, 1.165) is 16.8 Å². The molecule has 0 bridgehead atoms. The van der Waals surface area contributed by atoms with Gasteiger partial charge in [-0.2, -0.15) is 0 Å². The number of urea groups is 1. The zero-order chi connectivity index (χ0) is 12.5. The summed E-state index contributed by atoms with van der Waals surface area (Å²) in [6.07, 6.45) is 2.34. The van der Waals surface area contributed by atoms with Crippen molar-refractivity contribution < 1.29 is 9.90 Å². The molecule has 0 spiro atoms. The predicted octanol–water partition coefficient (Wildman–Crippen LogP) is 1.77. The van der Waals surface area contributed by atoms with Crippen molar-refractivity contribution in [2.75, 3.05) is 5.32 Å². The second-order valence-corrected chi connectivity index (χ2v) is 4.67. The summed E-state index contributed by atoms with van der Waals surface area (Å²) >= 11 is 0. The lowest BCUT2D eigenvalue weighted by Gasteiger charge is -2.24. The Labute approximate surface area is 105 Å². The number of fused-ring (bicyclic) bond motifs is 1. The van der Waals surface area contributed by atoms with Gasteiger partial charge in [0.1, 0.15) is 6.04 Å². The van der Waals surface area contributed by atoms with Crippen molar-refractivity contribution in [3.8, 4) is 11.8 Å². The van der Waals surface area contributed by atoms with E-state index in [4.69, 9.17) is 5.11 Å². The van der Waals surface area contributed by atoms with Crippen molar-refractivity contribution in [2.45, 2.75) is 25.5 Å². The quantitative estimate of drug-likeness (QED) is 0.657. The first-order valence-corrected chi connectivity index (χ1v) is 6.08. The normalized spacial score (nSPS) is 21.2. The first kappa shape index (κ1) is 11.1. The van der Waals surface area contributed by atoms with Crippen LogP contribution in [0.15, 0.2) is 18.2 Å². The number of amides is 2. The van der Waals surface area contributed by atoms with Crippen LogP contribution in [0.1, 0.15) is 30.0 Å². The third kappa shape index (κ3) is 2.18. The fourth-order valence-electron chi connectivity index (χ4n) is 1.97. The molecular weight excluding hydrogens is 228 g/mol. The summed E-state index contributed by atoms with van der Waals surface area (Å²) in [6, 6.07) is 5.05. The molecule has 1 fully saturated rings. The number of hydrogen-bond donors (Lipinski definition) is 3. The van der Waals surface area contributed by atoms with Crippen molar-refractivity contribution in [2.24, 2.45) is 5.92 Å². The Hall–Kier alpha value is -1.99. The first-order chi connectivity index (χ1) is 8.76. The zero-order valence-corrected chi connectivity index (χ0v) is 9.86. The van der Waals surface area contributed by atoms with Gasteiger partial charge in [-0.15, -0.1) is 0 Å².